The fourth-order valence-corrected chi connectivity index (χ4v) is 2.13. The monoisotopic (exact) mass is 323 g/mol. The number of halogens is 2. The smallest absolute Gasteiger partial charge is 0.147 e. The lowest BCUT2D eigenvalue weighted by Crippen LogP contribution is -2.21. The van der Waals surface area contributed by atoms with Crippen molar-refractivity contribution in [2.45, 2.75) is 25.5 Å². The SMILES string of the molecule is CCCNc1nc(NCC(C)S(C)=O)c(Cl)cc1Cl. The van der Waals surface area contributed by atoms with Gasteiger partial charge in [0.05, 0.1) is 10.0 Å². The normalized spacial score (nSPS) is 13.9. The molecule has 2 unspecified atom stereocenters. The maximum absolute atomic E-state index is 11.3. The number of hydrogen-bond acceptors (Lipinski definition) is 4. The van der Waals surface area contributed by atoms with Gasteiger partial charge in [-0.2, -0.15) is 0 Å². The molecule has 0 saturated carbocycles. The van der Waals surface area contributed by atoms with Crippen molar-refractivity contribution in [3.63, 3.8) is 0 Å². The van der Waals surface area contributed by atoms with E-state index in [-0.39, 0.29) is 5.25 Å². The molecule has 0 amide bonds. The summed E-state index contributed by atoms with van der Waals surface area (Å²) in [5.41, 5.74) is 0. The molecule has 7 heteroatoms. The molecule has 4 nitrogen and oxygen atoms in total. The molecule has 0 aliphatic rings. The zero-order chi connectivity index (χ0) is 14.4. The van der Waals surface area contributed by atoms with Gasteiger partial charge in [0.15, 0.2) is 0 Å². The molecule has 0 aromatic carbocycles. The Bertz CT molecular complexity index is 457. The fraction of sp³-hybridized carbons (Fsp3) is 0.583. The molecule has 19 heavy (non-hydrogen) atoms. The van der Waals surface area contributed by atoms with Crippen LogP contribution in [0.4, 0.5) is 11.6 Å². The summed E-state index contributed by atoms with van der Waals surface area (Å²) in [6.45, 7) is 5.31. The quantitative estimate of drug-likeness (QED) is 0.807. The first-order valence-corrected chi connectivity index (χ1v) is 8.49. The van der Waals surface area contributed by atoms with E-state index in [9.17, 15) is 4.21 Å². The highest BCUT2D eigenvalue weighted by atomic mass is 35.5. The Labute approximate surface area is 126 Å². The third-order valence-corrected chi connectivity index (χ3v) is 4.47. The van der Waals surface area contributed by atoms with Gasteiger partial charge in [-0.05, 0) is 19.4 Å². The van der Waals surface area contributed by atoms with Gasteiger partial charge in [-0.3, -0.25) is 4.21 Å². The first kappa shape index (κ1) is 16.5. The van der Waals surface area contributed by atoms with Crippen molar-refractivity contribution in [3.8, 4) is 0 Å². The van der Waals surface area contributed by atoms with Gasteiger partial charge in [-0.1, -0.05) is 30.1 Å². The van der Waals surface area contributed by atoms with Gasteiger partial charge < -0.3 is 10.6 Å². The summed E-state index contributed by atoms with van der Waals surface area (Å²) in [5.74, 6) is 1.17. The van der Waals surface area contributed by atoms with Crippen LogP contribution < -0.4 is 10.6 Å². The van der Waals surface area contributed by atoms with Crippen LogP contribution in [0.3, 0.4) is 0 Å². The van der Waals surface area contributed by atoms with Gasteiger partial charge in [-0.25, -0.2) is 4.98 Å². The Morgan fingerprint density at radius 3 is 2.42 bits per heavy atom. The molecule has 2 atom stereocenters. The first-order chi connectivity index (χ1) is 8.95. The average Bonchev–Trinajstić information content (AvgIpc) is 2.36. The molecule has 0 aliphatic heterocycles. The highest BCUT2D eigenvalue weighted by Gasteiger charge is 2.11. The van der Waals surface area contributed by atoms with Gasteiger partial charge in [0.25, 0.3) is 0 Å². The van der Waals surface area contributed by atoms with Gasteiger partial charge in [0, 0.05) is 35.4 Å². The number of nitrogens with one attached hydrogen (secondary N) is 2. The van der Waals surface area contributed by atoms with E-state index in [0.717, 1.165) is 13.0 Å². The predicted molar refractivity (Wildman–Crippen MR) is 85.1 cm³/mol. The third kappa shape index (κ3) is 5.16. The van der Waals surface area contributed by atoms with Crippen molar-refractivity contribution in [3.05, 3.63) is 16.1 Å². The Morgan fingerprint density at radius 2 is 1.89 bits per heavy atom. The molecular formula is C12H19Cl2N3OS. The summed E-state index contributed by atoms with van der Waals surface area (Å²) >= 11 is 12.2. The summed E-state index contributed by atoms with van der Waals surface area (Å²) in [5, 5.41) is 7.23. The van der Waals surface area contributed by atoms with Crippen molar-refractivity contribution in [2.24, 2.45) is 0 Å². The van der Waals surface area contributed by atoms with Crippen molar-refractivity contribution < 1.29 is 4.21 Å². The standard InChI is InChI=1S/C12H19Cl2N3OS/c1-4-5-15-11-9(13)6-10(14)12(17-11)16-7-8(2)19(3)18/h6,8H,4-5,7H2,1-3H3,(H2,15,16,17). The molecule has 0 fully saturated rings. The second-order valence-electron chi connectivity index (χ2n) is 4.27. The molecule has 108 valence electrons. The molecule has 1 aromatic heterocycles. The topological polar surface area (TPSA) is 54.0 Å². The van der Waals surface area contributed by atoms with E-state index >= 15 is 0 Å². The largest absolute Gasteiger partial charge is 0.369 e. The van der Waals surface area contributed by atoms with Crippen LogP contribution in [0.5, 0.6) is 0 Å². The van der Waals surface area contributed by atoms with Gasteiger partial charge in [-0.15, -0.1) is 0 Å². The van der Waals surface area contributed by atoms with E-state index in [1.54, 1.807) is 12.3 Å². The van der Waals surface area contributed by atoms with E-state index in [0.29, 0.717) is 28.2 Å². The van der Waals surface area contributed by atoms with E-state index < -0.39 is 10.8 Å². The van der Waals surface area contributed by atoms with Crippen molar-refractivity contribution in [1.29, 1.82) is 0 Å². The lowest BCUT2D eigenvalue weighted by molar-refractivity contribution is 0.679. The van der Waals surface area contributed by atoms with E-state index in [1.807, 2.05) is 6.92 Å². The van der Waals surface area contributed by atoms with Gasteiger partial charge in [0.2, 0.25) is 0 Å². The van der Waals surface area contributed by atoms with Crippen molar-refractivity contribution in [2.75, 3.05) is 30.0 Å². The van der Waals surface area contributed by atoms with Crippen LogP contribution in [0.1, 0.15) is 20.3 Å². The molecule has 0 radical (unpaired) electrons. The number of pyridine rings is 1. The number of hydrogen-bond donors (Lipinski definition) is 2. The Balaban J connectivity index is 2.79. The molecule has 0 bridgehead atoms. The maximum atomic E-state index is 11.3. The molecular weight excluding hydrogens is 305 g/mol. The Morgan fingerprint density at radius 1 is 1.32 bits per heavy atom. The molecule has 1 heterocycles. The fourth-order valence-electron chi connectivity index (χ4n) is 1.32. The second-order valence-corrected chi connectivity index (χ2v) is 6.88. The summed E-state index contributed by atoms with van der Waals surface area (Å²) < 4.78 is 11.3. The van der Waals surface area contributed by atoms with Crippen LogP contribution in [-0.4, -0.2) is 33.8 Å². The van der Waals surface area contributed by atoms with Crippen molar-refractivity contribution >= 4 is 45.6 Å². The van der Waals surface area contributed by atoms with Crippen LogP contribution in [0.15, 0.2) is 6.07 Å². The van der Waals surface area contributed by atoms with E-state index in [1.165, 1.54) is 0 Å². The Hall–Kier alpha value is -0.520. The maximum Gasteiger partial charge on any atom is 0.147 e. The number of aromatic nitrogens is 1. The number of nitrogens with zero attached hydrogens (tertiary/aromatic N) is 1. The molecule has 1 aromatic rings. The average molecular weight is 324 g/mol. The molecule has 0 spiro atoms. The minimum absolute atomic E-state index is 0.0283. The van der Waals surface area contributed by atoms with Gasteiger partial charge >= 0.3 is 0 Å². The van der Waals surface area contributed by atoms with Crippen LogP contribution in [0.2, 0.25) is 10.0 Å². The predicted octanol–water partition coefficient (Wildman–Crippen LogP) is 3.39. The van der Waals surface area contributed by atoms with Gasteiger partial charge in [0.1, 0.15) is 11.6 Å². The summed E-state index contributed by atoms with van der Waals surface area (Å²) in [7, 11) is -0.880. The van der Waals surface area contributed by atoms with Crippen LogP contribution >= 0.6 is 23.2 Å². The first-order valence-electron chi connectivity index (χ1n) is 6.11. The van der Waals surface area contributed by atoms with E-state index in [2.05, 4.69) is 22.5 Å². The lowest BCUT2D eigenvalue weighted by atomic mass is 10.4. The third-order valence-electron chi connectivity index (χ3n) is 2.60. The summed E-state index contributed by atoms with van der Waals surface area (Å²) in [4.78, 5) is 4.36. The minimum Gasteiger partial charge on any atom is -0.369 e. The van der Waals surface area contributed by atoms with E-state index in [4.69, 9.17) is 23.2 Å². The summed E-state index contributed by atoms with van der Waals surface area (Å²) in [6, 6.07) is 1.66. The number of anilines is 2. The number of rotatable bonds is 7. The zero-order valence-corrected chi connectivity index (χ0v) is 13.6. The highest BCUT2D eigenvalue weighted by molar-refractivity contribution is 7.84. The molecule has 0 aliphatic carbocycles. The van der Waals surface area contributed by atoms with Crippen LogP contribution in [-0.2, 0) is 10.8 Å². The zero-order valence-electron chi connectivity index (χ0n) is 11.3. The second kappa shape index (κ2) is 7.92. The van der Waals surface area contributed by atoms with Crippen molar-refractivity contribution in [1.82, 2.24) is 4.98 Å². The molecule has 1 rings (SSSR count). The summed E-state index contributed by atoms with van der Waals surface area (Å²) in [6.07, 6.45) is 2.66. The van der Waals surface area contributed by atoms with Crippen LogP contribution in [0, 0.1) is 0 Å². The van der Waals surface area contributed by atoms with Crippen LogP contribution in [0.25, 0.3) is 0 Å². The highest BCUT2D eigenvalue weighted by Crippen LogP contribution is 2.29. The minimum atomic E-state index is -0.880. The molecule has 0 saturated heterocycles. The lowest BCUT2D eigenvalue weighted by Gasteiger charge is -2.14. The molecule has 2 N–H and O–H groups in total. The Kier molecular flexibility index (Phi) is 6.89.